The number of aliphatic hydroxyl groups excluding tert-OH is 1. The zero-order valence-electron chi connectivity index (χ0n) is 12.1. The summed E-state index contributed by atoms with van der Waals surface area (Å²) in [5.74, 6) is 1.05. The maximum Gasteiger partial charge on any atom is 0.123 e. The Morgan fingerprint density at radius 2 is 2.05 bits per heavy atom. The van der Waals surface area contributed by atoms with Crippen LogP contribution in [0.2, 0.25) is 0 Å². The molecule has 1 heterocycles. The summed E-state index contributed by atoms with van der Waals surface area (Å²) in [7, 11) is 2.06. The molecular weight excluding hydrogens is 250 g/mol. The summed E-state index contributed by atoms with van der Waals surface area (Å²) in [6, 6.07) is 8.20. The highest BCUT2D eigenvalue weighted by atomic mass is 16.3. The largest absolute Gasteiger partial charge is 0.396 e. The SMILES string of the molecule is Cn1c(CNCC2(CO)CCCC2)nc2ccccc21. The Labute approximate surface area is 119 Å². The Hall–Kier alpha value is -1.39. The van der Waals surface area contributed by atoms with Gasteiger partial charge < -0.3 is 15.0 Å². The van der Waals surface area contributed by atoms with Gasteiger partial charge in [0.15, 0.2) is 0 Å². The van der Waals surface area contributed by atoms with Crippen LogP contribution in [0.1, 0.15) is 31.5 Å². The van der Waals surface area contributed by atoms with Crippen molar-refractivity contribution in [1.82, 2.24) is 14.9 Å². The predicted molar refractivity (Wildman–Crippen MR) is 80.4 cm³/mol. The number of nitrogens with zero attached hydrogens (tertiary/aromatic N) is 2. The lowest BCUT2D eigenvalue weighted by atomic mass is 9.87. The minimum Gasteiger partial charge on any atom is -0.396 e. The van der Waals surface area contributed by atoms with Crippen molar-refractivity contribution in [2.75, 3.05) is 13.2 Å². The average molecular weight is 273 g/mol. The first-order valence-electron chi connectivity index (χ1n) is 7.46. The second kappa shape index (κ2) is 5.54. The summed E-state index contributed by atoms with van der Waals surface area (Å²) in [6.07, 6.45) is 4.77. The minimum absolute atomic E-state index is 0.102. The number of fused-ring (bicyclic) bond motifs is 1. The van der Waals surface area contributed by atoms with E-state index in [1.165, 1.54) is 18.4 Å². The Kier molecular flexibility index (Phi) is 3.76. The van der Waals surface area contributed by atoms with Gasteiger partial charge in [-0.15, -0.1) is 0 Å². The van der Waals surface area contributed by atoms with E-state index >= 15 is 0 Å². The van der Waals surface area contributed by atoms with Crippen LogP contribution < -0.4 is 5.32 Å². The van der Waals surface area contributed by atoms with Gasteiger partial charge in [-0.1, -0.05) is 25.0 Å². The lowest BCUT2D eigenvalue weighted by Gasteiger charge is -2.26. The molecule has 1 aliphatic rings. The highest BCUT2D eigenvalue weighted by molar-refractivity contribution is 5.75. The smallest absolute Gasteiger partial charge is 0.123 e. The molecule has 0 amide bonds. The molecule has 1 saturated carbocycles. The molecule has 1 aliphatic carbocycles. The van der Waals surface area contributed by atoms with Gasteiger partial charge in [0.2, 0.25) is 0 Å². The van der Waals surface area contributed by atoms with Gasteiger partial charge >= 0.3 is 0 Å². The van der Waals surface area contributed by atoms with Crippen molar-refractivity contribution in [3.05, 3.63) is 30.1 Å². The molecule has 0 radical (unpaired) electrons. The molecule has 1 aromatic heterocycles. The zero-order chi connectivity index (χ0) is 14.0. The van der Waals surface area contributed by atoms with Crippen LogP contribution in [-0.4, -0.2) is 27.8 Å². The molecule has 4 heteroatoms. The van der Waals surface area contributed by atoms with Crippen molar-refractivity contribution in [2.45, 2.75) is 32.2 Å². The van der Waals surface area contributed by atoms with Gasteiger partial charge in [0.1, 0.15) is 5.82 Å². The molecule has 0 saturated heterocycles. The van der Waals surface area contributed by atoms with Crippen LogP contribution in [-0.2, 0) is 13.6 Å². The number of aliphatic hydroxyl groups is 1. The molecule has 4 nitrogen and oxygen atoms in total. The monoisotopic (exact) mass is 273 g/mol. The number of aromatic nitrogens is 2. The van der Waals surface area contributed by atoms with Gasteiger partial charge in [-0.25, -0.2) is 4.98 Å². The van der Waals surface area contributed by atoms with E-state index < -0.39 is 0 Å². The summed E-state index contributed by atoms with van der Waals surface area (Å²) in [6.45, 7) is 1.93. The number of para-hydroxylation sites is 2. The molecule has 0 aliphatic heterocycles. The Bertz CT molecular complexity index is 584. The fourth-order valence-corrected chi connectivity index (χ4v) is 3.31. The van der Waals surface area contributed by atoms with Crippen LogP contribution in [0, 0.1) is 5.41 Å². The van der Waals surface area contributed by atoms with Gasteiger partial charge in [0.25, 0.3) is 0 Å². The Morgan fingerprint density at radius 1 is 1.30 bits per heavy atom. The molecule has 108 valence electrons. The molecule has 1 fully saturated rings. The van der Waals surface area contributed by atoms with Crippen LogP contribution in [0.25, 0.3) is 11.0 Å². The predicted octanol–water partition coefficient (Wildman–Crippen LogP) is 2.22. The lowest BCUT2D eigenvalue weighted by Crippen LogP contribution is -2.35. The number of rotatable bonds is 5. The standard InChI is InChI=1S/C16H23N3O/c1-19-14-7-3-2-6-13(14)18-15(19)10-17-11-16(12-20)8-4-5-9-16/h2-3,6-7,17,20H,4-5,8-12H2,1H3. The first-order valence-corrected chi connectivity index (χ1v) is 7.46. The fourth-order valence-electron chi connectivity index (χ4n) is 3.31. The van der Waals surface area contributed by atoms with E-state index in [-0.39, 0.29) is 5.41 Å². The summed E-state index contributed by atoms with van der Waals surface area (Å²) >= 11 is 0. The molecule has 2 N–H and O–H groups in total. The Balaban J connectivity index is 1.66. The first kappa shape index (κ1) is 13.6. The molecule has 0 atom stereocenters. The van der Waals surface area contributed by atoms with E-state index in [9.17, 15) is 5.11 Å². The molecular formula is C16H23N3O. The van der Waals surface area contributed by atoms with E-state index in [0.717, 1.165) is 37.3 Å². The summed E-state index contributed by atoms with van der Waals surface area (Å²) in [4.78, 5) is 4.66. The molecule has 0 bridgehead atoms. The van der Waals surface area contributed by atoms with Gasteiger partial charge in [0, 0.05) is 25.6 Å². The van der Waals surface area contributed by atoms with E-state index in [1.54, 1.807) is 0 Å². The zero-order valence-corrected chi connectivity index (χ0v) is 12.1. The van der Waals surface area contributed by atoms with Crippen molar-refractivity contribution in [3.63, 3.8) is 0 Å². The molecule has 20 heavy (non-hydrogen) atoms. The quantitative estimate of drug-likeness (QED) is 0.878. The topological polar surface area (TPSA) is 50.1 Å². The average Bonchev–Trinajstić information content (AvgIpc) is 3.06. The molecule has 0 spiro atoms. The third kappa shape index (κ3) is 2.45. The van der Waals surface area contributed by atoms with E-state index in [0.29, 0.717) is 6.61 Å². The highest BCUT2D eigenvalue weighted by Crippen LogP contribution is 2.36. The van der Waals surface area contributed by atoms with Crippen molar-refractivity contribution >= 4 is 11.0 Å². The fraction of sp³-hybridized carbons (Fsp3) is 0.562. The third-order valence-electron chi connectivity index (χ3n) is 4.66. The maximum absolute atomic E-state index is 9.62. The number of hydrogen-bond donors (Lipinski definition) is 2. The van der Waals surface area contributed by atoms with Gasteiger partial charge in [-0.2, -0.15) is 0 Å². The van der Waals surface area contributed by atoms with Crippen LogP contribution in [0.3, 0.4) is 0 Å². The van der Waals surface area contributed by atoms with Gasteiger partial charge in [0.05, 0.1) is 17.6 Å². The number of imidazole rings is 1. The van der Waals surface area contributed by atoms with Crippen LogP contribution >= 0.6 is 0 Å². The van der Waals surface area contributed by atoms with Crippen molar-refractivity contribution < 1.29 is 5.11 Å². The molecule has 0 unspecified atom stereocenters. The molecule has 3 rings (SSSR count). The van der Waals surface area contributed by atoms with Crippen LogP contribution in [0.4, 0.5) is 0 Å². The summed E-state index contributed by atoms with van der Waals surface area (Å²) < 4.78 is 2.14. The summed E-state index contributed by atoms with van der Waals surface area (Å²) in [5.41, 5.74) is 2.32. The second-order valence-corrected chi connectivity index (χ2v) is 6.04. The van der Waals surface area contributed by atoms with Crippen molar-refractivity contribution in [3.8, 4) is 0 Å². The molecule has 1 aromatic carbocycles. The number of benzene rings is 1. The van der Waals surface area contributed by atoms with Crippen LogP contribution in [0.15, 0.2) is 24.3 Å². The van der Waals surface area contributed by atoms with E-state index in [1.807, 2.05) is 18.2 Å². The summed E-state index contributed by atoms with van der Waals surface area (Å²) in [5, 5.41) is 13.1. The third-order valence-corrected chi connectivity index (χ3v) is 4.66. The van der Waals surface area contributed by atoms with Crippen molar-refractivity contribution in [2.24, 2.45) is 12.5 Å². The van der Waals surface area contributed by atoms with Crippen molar-refractivity contribution in [1.29, 1.82) is 0 Å². The number of hydrogen-bond acceptors (Lipinski definition) is 3. The lowest BCUT2D eigenvalue weighted by molar-refractivity contribution is 0.128. The second-order valence-electron chi connectivity index (χ2n) is 6.04. The Morgan fingerprint density at radius 3 is 2.75 bits per heavy atom. The number of aryl methyl sites for hydroxylation is 1. The van der Waals surface area contributed by atoms with E-state index in [2.05, 4.69) is 28.0 Å². The van der Waals surface area contributed by atoms with Crippen LogP contribution in [0.5, 0.6) is 0 Å². The first-order chi connectivity index (χ1) is 9.74. The number of nitrogens with one attached hydrogen (secondary N) is 1. The maximum atomic E-state index is 9.62. The minimum atomic E-state index is 0.102. The van der Waals surface area contributed by atoms with E-state index in [4.69, 9.17) is 0 Å². The highest BCUT2D eigenvalue weighted by Gasteiger charge is 2.32. The van der Waals surface area contributed by atoms with Gasteiger partial charge in [-0.3, -0.25) is 0 Å². The molecule has 2 aromatic rings. The van der Waals surface area contributed by atoms with Gasteiger partial charge in [-0.05, 0) is 25.0 Å². The normalized spacial score (nSPS) is 17.9.